The molecule has 0 saturated carbocycles. The van der Waals surface area contributed by atoms with E-state index in [2.05, 4.69) is 36.9 Å². The molecular formula is C13H25N3. The van der Waals surface area contributed by atoms with Crippen LogP contribution in [0.4, 0.5) is 0 Å². The fourth-order valence-electron chi connectivity index (χ4n) is 2.65. The number of nitriles is 1. The second-order valence-electron chi connectivity index (χ2n) is 5.17. The van der Waals surface area contributed by atoms with Gasteiger partial charge in [0.1, 0.15) is 0 Å². The van der Waals surface area contributed by atoms with Gasteiger partial charge in [-0.3, -0.25) is 4.90 Å². The average molecular weight is 223 g/mol. The topological polar surface area (TPSA) is 30.3 Å². The van der Waals surface area contributed by atoms with Crippen molar-refractivity contribution in [2.45, 2.75) is 38.6 Å². The predicted octanol–water partition coefficient (Wildman–Crippen LogP) is 1.95. The molecule has 3 heteroatoms. The largest absolute Gasteiger partial charge is 0.309 e. The zero-order chi connectivity index (χ0) is 12.0. The minimum atomic E-state index is 0.491. The monoisotopic (exact) mass is 223 g/mol. The fraction of sp³-hybridized carbons (Fsp3) is 0.923. The highest BCUT2D eigenvalue weighted by molar-refractivity contribution is 4.85. The molecule has 0 aromatic rings. The van der Waals surface area contributed by atoms with Gasteiger partial charge in [-0.1, -0.05) is 6.92 Å². The van der Waals surface area contributed by atoms with E-state index in [-0.39, 0.29) is 0 Å². The van der Waals surface area contributed by atoms with Crippen molar-refractivity contribution in [3.8, 4) is 6.07 Å². The highest BCUT2D eigenvalue weighted by Crippen LogP contribution is 2.21. The van der Waals surface area contributed by atoms with Gasteiger partial charge in [0.2, 0.25) is 0 Å². The Hall–Kier alpha value is -0.590. The van der Waals surface area contributed by atoms with Crippen LogP contribution in [0, 0.1) is 17.2 Å². The number of piperidine rings is 1. The number of hydrogen-bond acceptors (Lipinski definition) is 3. The van der Waals surface area contributed by atoms with E-state index in [1.807, 2.05) is 0 Å². The smallest absolute Gasteiger partial charge is 0.0638 e. The van der Waals surface area contributed by atoms with E-state index in [1.165, 1.54) is 32.5 Å². The Kier molecular flexibility index (Phi) is 5.79. The minimum absolute atomic E-state index is 0.491. The predicted molar refractivity (Wildman–Crippen MR) is 67.2 cm³/mol. The van der Waals surface area contributed by atoms with E-state index >= 15 is 0 Å². The van der Waals surface area contributed by atoms with Gasteiger partial charge in [0, 0.05) is 12.6 Å². The lowest BCUT2D eigenvalue weighted by Crippen LogP contribution is -2.42. The maximum absolute atomic E-state index is 8.79. The molecule has 1 atom stereocenters. The third kappa shape index (κ3) is 4.11. The van der Waals surface area contributed by atoms with Gasteiger partial charge >= 0.3 is 0 Å². The summed E-state index contributed by atoms with van der Waals surface area (Å²) in [6.45, 7) is 5.76. The van der Waals surface area contributed by atoms with Crippen LogP contribution >= 0.6 is 0 Å². The lowest BCUT2D eigenvalue weighted by Gasteiger charge is -2.37. The van der Waals surface area contributed by atoms with Gasteiger partial charge in [0.15, 0.2) is 0 Å². The summed E-state index contributed by atoms with van der Waals surface area (Å²) < 4.78 is 0. The maximum atomic E-state index is 8.79. The Bertz CT molecular complexity index is 224. The van der Waals surface area contributed by atoms with E-state index < -0.39 is 0 Å². The molecule has 0 spiro atoms. The highest BCUT2D eigenvalue weighted by Gasteiger charge is 2.23. The molecule has 0 aliphatic carbocycles. The van der Waals surface area contributed by atoms with Gasteiger partial charge in [-0.15, -0.1) is 0 Å². The van der Waals surface area contributed by atoms with Crippen molar-refractivity contribution in [1.82, 2.24) is 9.80 Å². The molecule has 1 unspecified atom stereocenters. The molecule has 16 heavy (non-hydrogen) atoms. The lowest BCUT2D eigenvalue weighted by atomic mass is 9.94. The second kappa shape index (κ2) is 6.88. The standard InChI is InChI=1S/C13H25N3/c1-4-13(5-8-14)16-9-6-12(7-10-16)11-15(2)3/h12-13H,4-7,9-11H2,1-3H3. The van der Waals surface area contributed by atoms with Crippen LogP contribution in [0.25, 0.3) is 0 Å². The minimum Gasteiger partial charge on any atom is -0.309 e. The first-order chi connectivity index (χ1) is 7.67. The van der Waals surface area contributed by atoms with E-state index in [1.54, 1.807) is 0 Å². The molecule has 0 amide bonds. The molecule has 1 aliphatic heterocycles. The SMILES string of the molecule is CCC(CC#N)N1CCC(CN(C)C)CC1. The molecule has 0 radical (unpaired) electrons. The molecule has 92 valence electrons. The van der Waals surface area contributed by atoms with Crippen molar-refractivity contribution in [3.05, 3.63) is 0 Å². The molecule has 0 aromatic heterocycles. The zero-order valence-electron chi connectivity index (χ0n) is 10.9. The van der Waals surface area contributed by atoms with E-state index in [4.69, 9.17) is 5.26 Å². The molecule has 0 aromatic carbocycles. The van der Waals surface area contributed by atoms with Gasteiger partial charge in [-0.05, 0) is 52.4 Å². The van der Waals surface area contributed by atoms with Gasteiger partial charge in [-0.2, -0.15) is 5.26 Å². The Morgan fingerprint density at radius 2 is 2.00 bits per heavy atom. The molecule has 1 saturated heterocycles. The number of hydrogen-bond donors (Lipinski definition) is 0. The van der Waals surface area contributed by atoms with Gasteiger partial charge < -0.3 is 4.90 Å². The summed E-state index contributed by atoms with van der Waals surface area (Å²) in [5, 5.41) is 8.79. The Balaban J connectivity index is 2.33. The van der Waals surface area contributed by atoms with E-state index in [0.29, 0.717) is 12.5 Å². The quantitative estimate of drug-likeness (QED) is 0.713. The van der Waals surface area contributed by atoms with Crippen molar-refractivity contribution < 1.29 is 0 Å². The van der Waals surface area contributed by atoms with E-state index in [0.717, 1.165) is 12.3 Å². The molecule has 3 nitrogen and oxygen atoms in total. The molecule has 1 aliphatic rings. The maximum Gasteiger partial charge on any atom is 0.0638 e. The van der Waals surface area contributed by atoms with E-state index in [9.17, 15) is 0 Å². The van der Waals surface area contributed by atoms with Crippen LogP contribution in [0.3, 0.4) is 0 Å². The van der Waals surface area contributed by atoms with Gasteiger partial charge in [0.05, 0.1) is 12.5 Å². The van der Waals surface area contributed by atoms with Crippen molar-refractivity contribution in [1.29, 1.82) is 5.26 Å². The van der Waals surface area contributed by atoms with Crippen molar-refractivity contribution in [3.63, 3.8) is 0 Å². The lowest BCUT2D eigenvalue weighted by molar-refractivity contribution is 0.118. The third-order valence-corrected chi connectivity index (χ3v) is 3.59. The van der Waals surface area contributed by atoms with Gasteiger partial charge in [-0.25, -0.2) is 0 Å². The third-order valence-electron chi connectivity index (χ3n) is 3.59. The van der Waals surface area contributed by atoms with Crippen molar-refractivity contribution in [2.75, 3.05) is 33.7 Å². The average Bonchev–Trinajstić information content (AvgIpc) is 2.26. The number of rotatable bonds is 5. The molecule has 1 heterocycles. The fourth-order valence-corrected chi connectivity index (χ4v) is 2.65. The molecule has 1 rings (SSSR count). The van der Waals surface area contributed by atoms with Crippen LogP contribution in [-0.4, -0.2) is 49.6 Å². The summed E-state index contributed by atoms with van der Waals surface area (Å²) in [6.07, 6.45) is 4.38. The van der Waals surface area contributed by atoms with Crippen molar-refractivity contribution >= 4 is 0 Å². The first-order valence-corrected chi connectivity index (χ1v) is 6.43. The van der Waals surface area contributed by atoms with Crippen molar-refractivity contribution in [2.24, 2.45) is 5.92 Å². The van der Waals surface area contributed by atoms with Crippen LogP contribution < -0.4 is 0 Å². The van der Waals surface area contributed by atoms with Crippen LogP contribution in [0.2, 0.25) is 0 Å². The molecule has 1 fully saturated rings. The first kappa shape index (κ1) is 13.5. The van der Waals surface area contributed by atoms with Gasteiger partial charge in [0.25, 0.3) is 0 Å². The van der Waals surface area contributed by atoms with Crippen LogP contribution in [0.5, 0.6) is 0 Å². The Labute approximate surface area is 100 Å². The highest BCUT2D eigenvalue weighted by atomic mass is 15.2. The second-order valence-corrected chi connectivity index (χ2v) is 5.17. The summed E-state index contributed by atoms with van der Waals surface area (Å²) >= 11 is 0. The number of nitrogens with zero attached hydrogens (tertiary/aromatic N) is 3. The molecule has 0 bridgehead atoms. The summed E-state index contributed by atoms with van der Waals surface area (Å²) in [5.41, 5.74) is 0. The van der Waals surface area contributed by atoms with Crippen LogP contribution in [0.15, 0.2) is 0 Å². The summed E-state index contributed by atoms with van der Waals surface area (Å²) in [6, 6.07) is 2.80. The normalized spacial score (nSPS) is 20.9. The van der Waals surface area contributed by atoms with Crippen LogP contribution in [0.1, 0.15) is 32.6 Å². The Morgan fingerprint density at radius 1 is 1.38 bits per heavy atom. The first-order valence-electron chi connectivity index (χ1n) is 6.43. The summed E-state index contributed by atoms with van der Waals surface area (Å²) in [7, 11) is 4.30. The zero-order valence-corrected chi connectivity index (χ0v) is 10.9. The molecule has 0 N–H and O–H groups in total. The molecular weight excluding hydrogens is 198 g/mol. The van der Waals surface area contributed by atoms with Crippen LogP contribution in [-0.2, 0) is 0 Å². The number of likely N-dealkylation sites (tertiary alicyclic amines) is 1. The summed E-state index contributed by atoms with van der Waals surface area (Å²) in [5.74, 6) is 0.853. The summed E-state index contributed by atoms with van der Waals surface area (Å²) in [4.78, 5) is 4.79. The Morgan fingerprint density at radius 3 is 2.44 bits per heavy atom.